The smallest absolute Gasteiger partial charge is 0.369 e. The van der Waals surface area contributed by atoms with Crippen molar-refractivity contribution in [1.82, 2.24) is 29.7 Å². The molecule has 0 saturated carbocycles. The molecule has 0 spiro atoms. The van der Waals surface area contributed by atoms with Crippen molar-refractivity contribution in [1.29, 1.82) is 0 Å². The van der Waals surface area contributed by atoms with Gasteiger partial charge in [0.05, 0.1) is 34.4 Å². The van der Waals surface area contributed by atoms with Crippen molar-refractivity contribution in [3.8, 4) is 16.9 Å². The molecule has 0 bridgehead atoms. The SMILES string of the molecule is Cc1ccc(CC(=O)c2cc(N3CCCN(C)CC3)c(Cl)c(C(F)(F)F)c2)cc1-n1cc(-c2cnn(C)c2C)nn1. The quantitative estimate of drug-likeness (QED) is 0.277. The van der Waals surface area contributed by atoms with Crippen LogP contribution in [0.2, 0.25) is 5.02 Å². The minimum atomic E-state index is -4.70. The normalized spacial score (nSPS) is 14.9. The molecular formula is C29H31ClF3N7O. The number of carbonyl (C=O) groups is 1. The lowest BCUT2D eigenvalue weighted by atomic mass is 9.98. The van der Waals surface area contributed by atoms with Crippen molar-refractivity contribution in [2.24, 2.45) is 7.05 Å². The summed E-state index contributed by atoms with van der Waals surface area (Å²) in [5.41, 5.74) is 3.95. The summed E-state index contributed by atoms with van der Waals surface area (Å²) in [5, 5.41) is 12.4. The van der Waals surface area contributed by atoms with Gasteiger partial charge in [0.1, 0.15) is 5.69 Å². The Kier molecular flexibility index (Phi) is 7.93. The topological polar surface area (TPSA) is 72.1 Å². The molecule has 4 aromatic rings. The fourth-order valence-corrected chi connectivity index (χ4v) is 5.38. The van der Waals surface area contributed by atoms with Crippen LogP contribution in [0, 0.1) is 13.8 Å². The molecule has 12 heteroatoms. The third-order valence-corrected chi connectivity index (χ3v) is 8.03. The molecule has 2 aromatic carbocycles. The Morgan fingerprint density at radius 1 is 1.02 bits per heavy atom. The minimum Gasteiger partial charge on any atom is -0.369 e. The lowest BCUT2D eigenvalue weighted by Crippen LogP contribution is -2.29. The second-order valence-corrected chi connectivity index (χ2v) is 10.9. The molecule has 3 heterocycles. The van der Waals surface area contributed by atoms with E-state index in [-0.39, 0.29) is 22.7 Å². The zero-order valence-corrected chi connectivity index (χ0v) is 24.1. The first kappa shape index (κ1) is 28.8. The summed E-state index contributed by atoms with van der Waals surface area (Å²) in [6, 6.07) is 7.84. The molecule has 0 atom stereocenters. The van der Waals surface area contributed by atoms with E-state index in [1.165, 1.54) is 6.07 Å². The molecule has 0 aliphatic carbocycles. The number of aryl methyl sites for hydroxylation is 2. The minimum absolute atomic E-state index is 0.0217. The van der Waals surface area contributed by atoms with E-state index in [0.29, 0.717) is 30.9 Å². The Labute approximate surface area is 241 Å². The van der Waals surface area contributed by atoms with Gasteiger partial charge in [-0.05, 0) is 63.2 Å². The first-order valence-corrected chi connectivity index (χ1v) is 13.7. The third-order valence-electron chi connectivity index (χ3n) is 7.63. The van der Waals surface area contributed by atoms with Gasteiger partial charge in [0, 0.05) is 49.9 Å². The maximum absolute atomic E-state index is 14.0. The summed E-state index contributed by atoms with van der Waals surface area (Å²) in [6.07, 6.45) is -0.484. The zero-order valence-electron chi connectivity index (χ0n) is 23.3. The predicted octanol–water partition coefficient (Wildman–Crippen LogP) is 5.52. The van der Waals surface area contributed by atoms with Crippen LogP contribution >= 0.6 is 11.6 Å². The number of carbonyl (C=O) groups excluding carboxylic acids is 1. The zero-order chi connectivity index (χ0) is 29.5. The number of anilines is 1. The van der Waals surface area contributed by atoms with Crippen LogP contribution in [0.25, 0.3) is 16.9 Å². The van der Waals surface area contributed by atoms with E-state index in [1.54, 1.807) is 27.8 Å². The molecule has 1 saturated heterocycles. The van der Waals surface area contributed by atoms with Crippen LogP contribution in [0.5, 0.6) is 0 Å². The molecule has 0 N–H and O–H groups in total. The second kappa shape index (κ2) is 11.3. The molecule has 41 heavy (non-hydrogen) atoms. The fraction of sp³-hybridized carbons (Fsp3) is 0.379. The Bertz CT molecular complexity index is 1590. The van der Waals surface area contributed by atoms with Crippen molar-refractivity contribution in [2.75, 3.05) is 38.1 Å². The number of alkyl halides is 3. The van der Waals surface area contributed by atoms with Crippen LogP contribution in [0.4, 0.5) is 18.9 Å². The molecule has 2 aromatic heterocycles. The highest BCUT2D eigenvalue weighted by Crippen LogP contribution is 2.41. The molecule has 216 valence electrons. The van der Waals surface area contributed by atoms with Gasteiger partial charge in [-0.15, -0.1) is 5.10 Å². The third kappa shape index (κ3) is 6.01. The molecule has 0 radical (unpaired) electrons. The summed E-state index contributed by atoms with van der Waals surface area (Å²) in [5.74, 6) is -0.430. The monoisotopic (exact) mass is 585 g/mol. The van der Waals surface area contributed by atoms with E-state index in [9.17, 15) is 18.0 Å². The van der Waals surface area contributed by atoms with Crippen LogP contribution in [-0.2, 0) is 19.6 Å². The second-order valence-electron chi connectivity index (χ2n) is 10.5. The van der Waals surface area contributed by atoms with Crippen molar-refractivity contribution < 1.29 is 18.0 Å². The van der Waals surface area contributed by atoms with E-state index in [0.717, 1.165) is 41.5 Å². The Morgan fingerprint density at radius 2 is 1.80 bits per heavy atom. The predicted molar refractivity (Wildman–Crippen MR) is 152 cm³/mol. The van der Waals surface area contributed by atoms with Gasteiger partial charge in [0.15, 0.2) is 5.78 Å². The Balaban J connectivity index is 1.45. The first-order valence-electron chi connectivity index (χ1n) is 13.3. The maximum atomic E-state index is 14.0. The van der Waals surface area contributed by atoms with Gasteiger partial charge in [-0.25, -0.2) is 4.68 Å². The lowest BCUT2D eigenvalue weighted by Gasteiger charge is -2.26. The number of halogens is 4. The van der Waals surface area contributed by atoms with E-state index in [4.69, 9.17) is 11.6 Å². The highest BCUT2D eigenvalue weighted by Gasteiger charge is 2.36. The number of likely N-dealkylation sites (N-methyl/N-ethyl adjacent to an activating group) is 1. The van der Waals surface area contributed by atoms with Crippen LogP contribution < -0.4 is 4.90 Å². The van der Waals surface area contributed by atoms with E-state index >= 15 is 0 Å². The molecule has 1 aliphatic rings. The van der Waals surface area contributed by atoms with Crippen LogP contribution in [0.15, 0.2) is 42.7 Å². The van der Waals surface area contributed by atoms with Crippen molar-refractivity contribution >= 4 is 23.1 Å². The van der Waals surface area contributed by atoms with Gasteiger partial charge in [-0.2, -0.15) is 18.3 Å². The van der Waals surface area contributed by atoms with Gasteiger partial charge < -0.3 is 9.80 Å². The van der Waals surface area contributed by atoms with Crippen LogP contribution in [0.1, 0.15) is 39.2 Å². The van der Waals surface area contributed by atoms with Gasteiger partial charge in [-0.3, -0.25) is 9.48 Å². The summed E-state index contributed by atoms with van der Waals surface area (Å²) in [4.78, 5) is 17.4. The largest absolute Gasteiger partial charge is 0.417 e. The summed E-state index contributed by atoms with van der Waals surface area (Å²) >= 11 is 6.31. The molecule has 0 amide bonds. The van der Waals surface area contributed by atoms with Crippen molar-refractivity contribution in [3.05, 3.63) is 75.7 Å². The number of hydrogen-bond donors (Lipinski definition) is 0. The average Bonchev–Trinajstić information content (AvgIpc) is 3.46. The highest BCUT2D eigenvalue weighted by molar-refractivity contribution is 6.34. The van der Waals surface area contributed by atoms with Gasteiger partial charge in [-0.1, -0.05) is 28.9 Å². The lowest BCUT2D eigenvalue weighted by molar-refractivity contribution is -0.137. The van der Waals surface area contributed by atoms with E-state index < -0.39 is 17.5 Å². The van der Waals surface area contributed by atoms with Gasteiger partial charge >= 0.3 is 6.18 Å². The Morgan fingerprint density at radius 3 is 2.51 bits per heavy atom. The van der Waals surface area contributed by atoms with E-state index in [2.05, 4.69) is 20.3 Å². The molecule has 5 rings (SSSR count). The van der Waals surface area contributed by atoms with Gasteiger partial charge in [0.25, 0.3) is 0 Å². The average molecular weight is 586 g/mol. The van der Waals surface area contributed by atoms with Gasteiger partial charge in [0.2, 0.25) is 0 Å². The van der Waals surface area contributed by atoms with Crippen LogP contribution in [0.3, 0.4) is 0 Å². The number of Topliss-reactive ketones (excluding diaryl/α,β-unsaturated/α-hetero) is 1. The molecule has 1 fully saturated rings. The maximum Gasteiger partial charge on any atom is 0.417 e. The number of ketones is 1. The van der Waals surface area contributed by atoms with Crippen LogP contribution in [-0.4, -0.2) is 68.7 Å². The molecular weight excluding hydrogens is 555 g/mol. The standard InChI is InChI=1S/C29H31ClF3N7O/c1-18-6-7-20(12-25(18)40-17-24(35-36-40)22-16-34-38(4)19(22)2)13-27(41)21-14-23(29(31,32)33)28(30)26(15-21)39-9-5-8-37(3)10-11-39/h6-7,12,14-17H,5,8-11,13H2,1-4H3. The van der Waals surface area contributed by atoms with Crippen molar-refractivity contribution in [3.63, 3.8) is 0 Å². The number of benzene rings is 2. The summed E-state index contributed by atoms with van der Waals surface area (Å²) in [6.45, 7) is 6.45. The number of rotatable bonds is 6. The fourth-order valence-electron chi connectivity index (χ4n) is 5.05. The van der Waals surface area contributed by atoms with E-state index in [1.807, 2.05) is 45.0 Å². The Hall–Kier alpha value is -3.70. The summed E-state index contributed by atoms with van der Waals surface area (Å²) in [7, 11) is 3.82. The molecule has 0 unspecified atom stereocenters. The highest BCUT2D eigenvalue weighted by atomic mass is 35.5. The molecule has 8 nitrogen and oxygen atoms in total. The number of aromatic nitrogens is 5. The first-order chi connectivity index (χ1) is 19.4. The number of hydrogen-bond acceptors (Lipinski definition) is 6. The number of nitrogens with zero attached hydrogens (tertiary/aromatic N) is 7. The summed E-state index contributed by atoms with van der Waals surface area (Å²) < 4.78 is 45.4. The van der Waals surface area contributed by atoms with Crippen molar-refractivity contribution in [2.45, 2.75) is 32.9 Å². The molecule has 1 aliphatic heterocycles.